The minimum absolute atomic E-state index is 0.0172. The van der Waals surface area contributed by atoms with Gasteiger partial charge in [0.1, 0.15) is 10.7 Å². The van der Waals surface area contributed by atoms with E-state index in [0.717, 1.165) is 12.4 Å². The summed E-state index contributed by atoms with van der Waals surface area (Å²) in [6.07, 6.45) is -1.78. The topological polar surface area (TPSA) is 138 Å². The number of anilines is 2. The summed E-state index contributed by atoms with van der Waals surface area (Å²) >= 11 is 0. The summed E-state index contributed by atoms with van der Waals surface area (Å²) in [5.41, 5.74) is 2.01. The van der Waals surface area contributed by atoms with Crippen LogP contribution in [0.2, 0.25) is 0 Å². The van der Waals surface area contributed by atoms with E-state index < -0.39 is 33.4 Å². The summed E-state index contributed by atoms with van der Waals surface area (Å²) in [5, 5.41) is 9.95. The number of halogens is 3. The fraction of sp³-hybridized carbons (Fsp3) is 0.591. The van der Waals surface area contributed by atoms with E-state index >= 15 is 0 Å². The van der Waals surface area contributed by atoms with Crippen molar-refractivity contribution < 1.29 is 31.4 Å². The number of piperazine rings is 1. The molecule has 0 aliphatic carbocycles. The van der Waals surface area contributed by atoms with Crippen LogP contribution in [0.15, 0.2) is 35.6 Å². The van der Waals surface area contributed by atoms with E-state index in [0.29, 0.717) is 33.2 Å². The van der Waals surface area contributed by atoms with Gasteiger partial charge in [-0.15, -0.1) is 0 Å². The van der Waals surface area contributed by atoms with Gasteiger partial charge in [0.25, 0.3) is 0 Å². The molecule has 3 N–H and O–H groups in total. The Kier molecular flexibility index (Phi) is 7.63. The van der Waals surface area contributed by atoms with Gasteiger partial charge in [-0.1, -0.05) is 0 Å². The number of nitrogens with zero attached hydrogens (tertiary/aromatic N) is 6. The average Bonchev–Trinajstić information content (AvgIpc) is 2.85. The first-order chi connectivity index (χ1) is 17.3. The first-order valence-electron chi connectivity index (χ1n) is 11.7. The summed E-state index contributed by atoms with van der Waals surface area (Å²) in [6.45, 7) is 5.23. The molecule has 3 atom stereocenters. The van der Waals surface area contributed by atoms with Crippen LogP contribution in [-0.2, 0) is 20.4 Å². The van der Waals surface area contributed by atoms with Gasteiger partial charge in [0.05, 0.1) is 19.3 Å². The van der Waals surface area contributed by atoms with E-state index in [1.165, 1.54) is 22.6 Å². The van der Waals surface area contributed by atoms with Crippen molar-refractivity contribution in [1.82, 2.24) is 24.2 Å². The lowest BCUT2D eigenvalue weighted by molar-refractivity contribution is -0.259. The molecule has 2 aliphatic heterocycles. The number of ether oxygens (including phenoxy) is 1. The fourth-order valence-electron chi connectivity index (χ4n) is 4.35. The van der Waals surface area contributed by atoms with Crippen molar-refractivity contribution in [2.45, 2.75) is 42.6 Å². The Morgan fingerprint density at radius 3 is 2.43 bits per heavy atom. The maximum atomic E-state index is 13.3. The zero-order valence-electron chi connectivity index (χ0n) is 20.5. The SMILES string of the molecule is C[C@H]1COCCN1C[C@H]1CN(S(=O)(=O)c2ccc(N)nc2)CCN1c1ncc([C@@](C)(O)C(F)(F)F)cn1. The predicted molar refractivity (Wildman–Crippen MR) is 128 cm³/mol. The minimum atomic E-state index is -4.90. The highest BCUT2D eigenvalue weighted by molar-refractivity contribution is 7.89. The average molecular weight is 546 g/mol. The Bertz CT molecular complexity index is 1180. The van der Waals surface area contributed by atoms with E-state index in [4.69, 9.17) is 10.5 Å². The van der Waals surface area contributed by atoms with E-state index in [1.54, 1.807) is 4.90 Å². The number of hydrogen-bond acceptors (Lipinski definition) is 10. The number of pyridine rings is 1. The predicted octanol–water partition coefficient (Wildman–Crippen LogP) is 0.824. The van der Waals surface area contributed by atoms with Crippen molar-refractivity contribution in [3.05, 3.63) is 36.3 Å². The van der Waals surface area contributed by atoms with Gasteiger partial charge >= 0.3 is 6.18 Å². The molecule has 0 amide bonds. The second-order valence-corrected chi connectivity index (χ2v) is 11.3. The van der Waals surface area contributed by atoms with Crippen molar-refractivity contribution in [2.24, 2.45) is 0 Å². The van der Waals surface area contributed by atoms with Gasteiger partial charge in [-0.05, 0) is 26.0 Å². The number of nitrogens with two attached hydrogens (primary N) is 1. The highest BCUT2D eigenvalue weighted by atomic mass is 32.2. The first kappa shape index (κ1) is 27.4. The van der Waals surface area contributed by atoms with Crippen LogP contribution in [0.4, 0.5) is 24.9 Å². The Morgan fingerprint density at radius 1 is 1.14 bits per heavy atom. The van der Waals surface area contributed by atoms with Gasteiger partial charge in [-0.25, -0.2) is 23.4 Å². The van der Waals surface area contributed by atoms with E-state index in [2.05, 4.69) is 19.9 Å². The molecule has 204 valence electrons. The van der Waals surface area contributed by atoms with Gasteiger partial charge in [0.2, 0.25) is 16.0 Å². The van der Waals surface area contributed by atoms with E-state index in [9.17, 15) is 26.7 Å². The molecule has 2 fully saturated rings. The maximum Gasteiger partial charge on any atom is 0.421 e. The lowest BCUT2D eigenvalue weighted by atomic mass is 9.99. The minimum Gasteiger partial charge on any atom is -0.384 e. The van der Waals surface area contributed by atoms with Crippen molar-refractivity contribution >= 4 is 21.8 Å². The third-order valence-electron chi connectivity index (χ3n) is 6.80. The fourth-order valence-corrected chi connectivity index (χ4v) is 5.76. The second kappa shape index (κ2) is 10.3. The zero-order chi connectivity index (χ0) is 27.0. The van der Waals surface area contributed by atoms with Gasteiger partial charge in [-0.3, -0.25) is 4.90 Å². The molecule has 0 unspecified atom stereocenters. The lowest BCUT2D eigenvalue weighted by Gasteiger charge is -2.44. The summed E-state index contributed by atoms with van der Waals surface area (Å²) in [7, 11) is -3.87. The molecule has 2 aromatic heterocycles. The largest absolute Gasteiger partial charge is 0.421 e. The van der Waals surface area contributed by atoms with Gasteiger partial charge in [0.15, 0.2) is 5.60 Å². The van der Waals surface area contributed by atoms with Crippen LogP contribution >= 0.6 is 0 Å². The molecular formula is C22H30F3N7O4S. The van der Waals surface area contributed by atoms with Gasteiger partial charge < -0.3 is 20.5 Å². The zero-order valence-corrected chi connectivity index (χ0v) is 21.3. The number of alkyl halides is 3. The summed E-state index contributed by atoms with van der Waals surface area (Å²) < 4.78 is 73.2. The number of sulfonamides is 1. The normalized spacial score (nSPS) is 24.1. The molecule has 11 nitrogen and oxygen atoms in total. The number of hydrogen-bond donors (Lipinski definition) is 2. The van der Waals surface area contributed by atoms with Crippen LogP contribution < -0.4 is 10.6 Å². The molecule has 2 aromatic rings. The van der Waals surface area contributed by atoms with Crippen LogP contribution in [0.5, 0.6) is 0 Å². The Hall–Kier alpha value is -2.59. The maximum absolute atomic E-state index is 13.3. The molecule has 4 heterocycles. The molecule has 0 saturated carbocycles. The molecule has 2 saturated heterocycles. The van der Waals surface area contributed by atoms with E-state index in [-0.39, 0.29) is 42.3 Å². The number of rotatable bonds is 6. The molecular weight excluding hydrogens is 515 g/mol. The molecule has 4 rings (SSSR count). The highest BCUT2D eigenvalue weighted by Gasteiger charge is 2.51. The number of aliphatic hydroxyl groups is 1. The molecule has 37 heavy (non-hydrogen) atoms. The molecule has 0 bridgehead atoms. The second-order valence-electron chi connectivity index (χ2n) is 9.39. The third kappa shape index (κ3) is 5.65. The summed E-state index contributed by atoms with van der Waals surface area (Å²) in [6, 6.07) is 2.51. The van der Waals surface area contributed by atoms with Crippen molar-refractivity contribution in [2.75, 3.05) is 56.6 Å². The van der Waals surface area contributed by atoms with Gasteiger partial charge in [0, 0.05) is 62.9 Å². The monoisotopic (exact) mass is 545 g/mol. The quantitative estimate of drug-likeness (QED) is 0.537. The standard InChI is InChI=1S/C22H30F3N7O4S/c1-15-14-36-8-7-30(15)12-17-13-31(37(34,35)18-3-4-19(26)27-11-18)5-6-32(17)20-28-9-16(10-29-20)21(2,33)22(23,24)25/h3-4,9-11,15,17,33H,5-8,12-14H2,1-2H3,(H2,26,27)/t15-,17-,21+/m0/s1. The number of nitrogen functional groups attached to an aromatic ring is 1. The van der Waals surface area contributed by atoms with Crippen molar-refractivity contribution in [3.8, 4) is 0 Å². The van der Waals surface area contributed by atoms with Crippen LogP contribution in [0.1, 0.15) is 19.4 Å². The van der Waals surface area contributed by atoms with Crippen LogP contribution in [0.3, 0.4) is 0 Å². The summed E-state index contributed by atoms with van der Waals surface area (Å²) in [5.74, 6) is 0.354. The Labute approximate surface area is 213 Å². The molecule has 0 radical (unpaired) electrons. The molecule has 15 heteroatoms. The smallest absolute Gasteiger partial charge is 0.384 e. The first-order valence-corrected chi connectivity index (χ1v) is 13.2. The number of aromatic nitrogens is 3. The summed E-state index contributed by atoms with van der Waals surface area (Å²) in [4.78, 5) is 16.1. The highest BCUT2D eigenvalue weighted by Crippen LogP contribution is 2.38. The van der Waals surface area contributed by atoms with Crippen LogP contribution in [0, 0.1) is 0 Å². The Balaban J connectivity index is 1.61. The van der Waals surface area contributed by atoms with Crippen LogP contribution in [-0.4, -0.2) is 102 Å². The van der Waals surface area contributed by atoms with Gasteiger partial charge in [-0.2, -0.15) is 17.5 Å². The van der Waals surface area contributed by atoms with Crippen molar-refractivity contribution in [1.29, 1.82) is 0 Å². The number of morpholine rings is 1. The third-order valence-corrected chi connectivity index (χ3v) is 8.65. The Morgan fingerprint density at radius 2 is 1.84 bits per heavy atom. The van der Waals surface area contributed by atoms with Crippen molar-refractivity contribution in [3.63, 3.8) is 0 Å². The lowest BCUT2D eigenvalue weighted by Crippen LogP contribution is -2.60. The molecule has 0 spiro atoms. The van der Waals surface area contributed by atoms with E-state index in [1.807, 2.05) is 6.92 Å². The molecule has 2 aliphatic rings. The van der Waals surface area contributed by atoms with Crippen LogP contribution in [0.25, 0.3) is 0 Å². The molecule has 0 aromatic carbocycles.